The minimum atomic E-state index is 0.0362. The van der Waals surface area contributed by atoms with E-state index in [9.17, 15) is 0 Å². The monoisotopic (exact) mass is 219 g/mol. The number of nitrogens with one attached hydrogen (secondary N) is 1. The molecule has 3 nitrogen and oxygen atoms in total. The van der Waals surface area contributed by atoms with Crippen molar-refractivity contribution in [2.45, 2.75) is 52.2 Å². The highest BCUT2D eigenvalue weighted by Crippen LogP contribution is 2.13. The standard InChI is InChI=1S/C13H21N3/c1-6-12(7-2)14-8-11-9-15-16(10-11)13(3,4)5/h1,9-10,12,14H,7-8H2,2-5H3. The minimum Gasteiger partial charge on any atom is -0.299 e. The van der Waals surface area contributed by atoms with E-state index in [2.05, 4.69) is 50.2 Å². The van der Waals surface area contributed by atoms with Crippen LogP contribution in [0.5, 0.6) is 0 Å². The summed E-state index contributed by atoms with van der Waals surface area (Å²) in [5.74, 6) is 2.72. The van der Waals surface area contributed by atoms with Gasteiger partial charge in [0.05, 0.1) is 17.8 Å². The molecule has 1 aromatic rings. The van der Waals surface area contributed by atoms with E-state index < -0.39 is 0 Å². The quantitative estimate of drug-likeness (QED) is 0.786. The molecule has 0 fully saturated rings. The maximum Gasteiger partial charge on any atom is 0.0686 e. The molecule has 88 valence electrons. The lowest BCUT2D eigenvalue weighted by molar-refractivity contribution is 0.355. The third-order valence-corrected chi connectivity index (χ3v) is 2.49. The topological polar surface area (TPSA) is 29.9 Å². The third kappa shape index (κ3) is 3.39. The molecule has 0 aliphatic rings. The number of hydrogen-bond donors (Lipinski definition) is 1. The van der Waals surface area contributed by atoms with E-state index in [0.717, 1.165) is 13.0 Å². The zero-order valence-electron chi connectivity index (χ0n) is 10.6. The van der Waals surface area contributed by atoms with Gasteiger partial charge in [-0.05, 0) is 27.2 Å². The first-order chi connectivity index (χ1) is 7.47. The average Bonchev–Trinajstić information content (AvgIpc) is 2.67. The van der Waals surface area contributed by atoms with Crippen LogP contribution in [0.25, 0.3) is 0 Å². The van der Waals surface area contributed by atoms with Crippen molar-refractivity contribution in [3.8, 4) is 12.3 Å². The molecular formula is C13H21N3. The molecule has 0 aromatic carbocycles. The van der Waals surface area contributed by atoms with Gasteiger partial charge in [-0.3, -0.25) is 10.00 Å². The molecule has 0 amide bonds. The molecule has 1 heterocycles. The molecule has 0 saturated heterocycles. The van der Waals surface area contributed by atoms with Crippen molar-refractivity contribution in [2.24, 2.45) is 0 Å². The van der Waals surface area contributed by atoms with Crippen LogP contribution in [0, 0.1) is 12.3 Å². The lowest BCUT2D eigenvalue weighted by atomic mass is 10.1. The van der Waals surface area contributed by atoms with E-state index in [0.29, 0.717) is 0 Å². The summed E-state index contributed by atoms with van der Waals surface area (Å²) in [5.41, 5.74) is 1.21. The van der Waals surface area contributed by atoms with Gasteiger partial charge in [-0.25, -0.2) is 0 Å². The molecular weight excluding hydrogens is 198 g/mol. The van der Waals surface area contributed by atoms with Crippen LogP contribution in [0.4, 0.5) is 0 Å². The van der Waals surface area contributed by atoms with Crippen LogP contribution in [0.3, 0.4) is 0 Å². The van der Waals surface area contributed by atoms with Crippen molar-refractivity contribution in [1.82, 2.24) is 15.1 Å². The van der Waals surface area contributed by atoms with E-state index in [1.165, 1.54) is 5.56 Å². The van der Waals surface area contributed by atoms with Gasteiger partial charge < -0.3 is 0 Å². The van der Waals surface area contributed by atoms with E-state index in [1.54, 1.807) is 0 Å². The first-order valence-corrected chi connectivity index (χ1v) is 5.71. The van der Waals surface area contributed by atoms with Gasteiger partial charge in [-0.2, -0.15) is 5.10 Å². The summed E-state index contributed by atoms with van der Waals surface area (Å²) in [6, 6.07) is 0.151. The lowest BCUT2D eigenvalue weighted by Gasteiger charge is -2.18. The van der Waals surface area contributed by atoms with Crippen molar-refractivity contribution >= 4 is 0 Å². The molecule has 0 aliphatic heterocycles. The molecule has 1 aromatic heterocycles. The summed E-state index contributed by atoms with van der Waals surface area (Å²) in [6.07, 6.45) is 10.3. The highest BCUT2D eigenvalue weighted by atomic mass is 15.3. The summed E-state index contributed by atoms with van der Waals surface area (Å²) in [6.45, 7) is 9.25. The molecule has 1 N–H and O–H groups in total. The van der Waals surface area contributed by atoms with Crippen molar-refractivity contribution in [3.05, 3.63) is 18.0 Å². The van der Waals surface area contributed by atoms with Crippen molar-refractivity contribution in [2.75, 3.05) is 0 Å². The number of hydrogen-bond acceptors (Lipinski definition) is 2. The first kappa shape index (κ1) is 12.8. The molecule has 1 rings (SSSR count). The van der Waals surface area contributed by atoms with E-state index in [1.807, 2.05) is 10.9 Å². The molecule has 3 heteroatoms. The molecule has 0 bridgehead atoms. The molecule has 16 heavy (non-hydrogen) atoms. The second-order valence-electron chi connectivity index (χ2n) is 4.97. The van der Waals surface area contributed by atoms with Gasteiger partial charge in [0.15, 0.2) is 0 Å². The Hall–Kier alpha value is -1.27. The van der Waals surface area contributed by atoms with Crippen LogP contribution in [0.2, 0.25) is 0 Å². The average molecular weight is 219 g/mol. The third-order valence-electron chi connectivity index (χ3n) is 2.49. The number of terminal acetylenes is 1. The van der Waals surface area contributed by atoms with Crippen LogP contribution in [0.1, 0.15) is 39.7 Å². The van der Waals surface area contributed by atoms with Gasteiger partial charge in [-0.15, -0.1) is 6.42 Å². The molecule has 0 radical (unpaired) electrons. The van der Waals surface area contributed by atoms with Crippen LogP contribution in [0.15, 0.2) is 12.4 Å². The van der Waals surface area contributed by atoms with Gasteiger partial charge in [0.25, 0.3) is 0 Å². The Balaban J connectivity index is 2.57. The van der Waals surface area contributed by atoms with Gasteiger partial charge >= 0.3 is 0 Å². The van der Waals surface area contributed by atoms with E-state index in [4.69, 9.17) is 6.42 Å². The fraction of sp³-hybridized carbons (Fsp3) is 0.615. The number of nitrogens with zero attached hydrogens (tertiary/aromatic N) is 2. The Morgan fingerprint density at radius 3 is 2.69 bits per heavy atom. The second-order valence-corrected chi connectivity index (χ2v) is 4.97. The summed E-state index contributed by atoms with van der Waals surface area (Å²) in [4.78, 5) is 0. The second kappa shape index (κ2) is 5.18. The van der Waals surface area contributed by atoms with E-state index in [-0.39, 0.29) is 11.6 Å². The van der Waals surface area contributed by atoms with Gasteiger partial charge in [0, 0.05) is 18.3 Å². The van der Waals surface area contributed by atoms with Crippen LogP contribution < -0.4 is 5.32 Å². The fourth-order valence-corrected chi connectivity index (χ4v) is 1.38. The first-order valence-electron chi connectivity index (χ1n) is 5.71. The van der Waals surface area contributed by atoms with Gasteiger partial charge in [0.1, 0.15) is 0 Å². The van der Waals surface area contributed by atoms with Crippen LogP contribution in [-0.2, 0) is 12.1 Å². The highest BCUT2D eigenvalue weighted by Gasteiger charge is 2.13. The van der Waals surface area contributed by atoms with Crippen LogP contribution >= 0.6 is 0 Å². The predicted octanol–water partition coefficient (Wildman–Crippen LogP) is 2.14. The SMILES string of the molecule is C#CC(CC)NCc1cnn(C(C)(C)C)c1. The molecule has 1 atom stereocenters. The zero-order valence-corrected chi connectivity index (χ0v) is 10.6. The number of rotatable bonds is 4. The summed E-state index contributed by atoms with van der Waals surface area (Å²) in [5, 5.41) is 7.65. The summed E-state index contributed by atoms with van der Waals surface area (Å²) in [7, 11) is 0. The lowest BCUT2D eigenvalue weighted by Crippen LogP contribution is -2.26. The zero-order chi connectivity index (χ0) is 12.2. The molecule has 0 saturated carbocycles. The highest BCUT2D eigenvalue weighted by molar-refractivity contribution is 5.07. The minimum absolute atomic E-state index is 0.0362. The summed E-state index contributed by atoms with van der Waals surface area (Å²) < 4.78 is 1.97. The van der Waals surface area contributed by atoms with Crippen molar-refractivity contribution in [1.29, 1.82) is 0 Å². The normalized spacial score (nSPS) is 13.4. The maximum absolute atomic E-state index is 5.39. The molecule has 0 aliphatic carbocycles. The Morgan fingerprint density at radius 2 is 2.25 bits per heavy atom. The number of aromatic nitrogens is 2. The Labute approximate surface area is 98.2 Å². The van der Waals surface area contributed by atoms with Crippen molar-refractivity contribution < 1.29 is 0 Å². The maximum atomic E-state index is 5.39. The van der Waals surface area contributed by atoms with Crippen LogP contribution in [-0.4, -0.2) is 15.8 Å². The van der Waals surface area contributed by atoms with E-state index >= 15 is 0 Å². The predicted molar refractivity (Wildman–Crippen MR) is 67.0 cm³/mol. The Bertz CT molecular complexity index is 365. The largest absolute Gasteiger partial charge is 0.299 e. The molecule has 1 unspecified atom stereocenters. The smallest absolute Gasteiger partial charge is 0.0686 e. The summed E-state index contributed by atoms with van der Waals surface area (Å²) >= 11 is 0. The molecule has 0 spiro atoms. The van der Waals surface area contributed by atoms with Crippen molar-refractivity contribution in [3.63, 3.8) is 0 Å². The van der Waals surface area contributed by atoms with Gasteiger partial charge in [0.2, 0.25) is 0 Å². The fourth-order valence-electron chi connectivity index (χ4n) is 1.38. The Morgan fingerprint density at radius 1 is 1.56 bits per heavy atom. The Kier molecular flexibility index (Phi) is 4.14. The van der Waals surface area contributed by atoms with Gasteiger partial charge in [-0.1, -0.05) is 12.8 Å².